The van der Waals surface area contributed by atoms with Crippen molar-refractivity contribution in [3.8, 4) is 11.5 Å². The summed E-state index contributed by atoms with van der Waals surface area (Å²) in [5, 5.41) is 16.5. The van der Waals surface area contributed by atoms with E-state index >= 15 is 0 Å². The van der Waals surface area contributed by atoms with E-state index in [0.29, 0.717) is 5.69 Å². The Morgan fingerprint density at radius 3 is 2.87 bits per heavy atom. The van der Waals surface area contributed by atoms with Gasteiger partial charge >= 0.3 is 5.97 Å². The lowest BCUT2D eigenvalue weighted by Crippen LogP contribution is -1.99. The highest BCUT2D eigenvalue weighted by molar-refractivity contribution is 5.93. The van der Waals surface area contributed by atoms with E-state index in [-0.39, 0.29) is 11.3 Å². The van der Waals surface area contributed by atoms with Crippen LogP contribution in [0.15, 0.2) is 16.8 Å². The van der Waals surface area contributed by atoms with Crippen LogP contribution < -0.4 is 0 Å². The van der Waals surface area contributed by atoms with Crippen molar-refractivity contribution < 1.29 is 14.4 Å². The molecule has 1 N–H and O–H groups in total. The standard InChI is InChI=1S/C9H9N3O3/c1-5-3-7(12(2)11-5)8-6(9(13)14)4-10-15-8/h3-4H,1-2H3,(H,13,14). The van der Waals surface area contributed by atoms with E-state index in [1.54, 1.807) is 17.8 Å². The fourth-order valence-corrected chi connectivity index (χ4v) is 1.40. The molecule has 0 saturated heterocycles. The molecule has 2 aromatic heterocycles. The molecule has 0 saturated carbocycles. The minimum absolute atomic E-state index is 0.0398. The largest absolute Gasteiger partial charge is 0.477 e. The zero-order valence-corrected chi connectivity index (χ0v) is 8.26. The second-order valence-electron chi connectivity index (χ2n) is 3.17. The molecule has 0 aromatic carbocycles. The Balaban J connectivity index is 2.58. The average molecular weight is 207 g/mol. The maximum Gasteiger partial charge on any atom is 0.341 e. The van der Waals surface area contributed by atoms with Gasteiger partial charge in [-0.05, 0) is 13.0 Å². The van der Waals surface area contributed by atoms with E-state index in [0.717, 1.165) is 5.69 Å². The van der Waals surface area contributed by atoms with E-state index < -0.39 is 5.97 Å². The summed E-state index contributed by atoms with van der Waals surface area (Å²) in [5.74, 6) is -0.837. The quantitative estimate of drug-likeness (QED) is 0.796. The van der Waals surface area contributed by atoms with Crippen LogP contribution in [0, 0.1) is 6.92 Å². The van der Waals surface area contributed by atoms with E-state index in [2.05, 4.69) is 10.3 Å². The van der Waals surface area contributed by atoms with Gasteiger partial charge in [-0.25, -0.2) is 4.79 Å². The Labute approximate surface area is 85.1 Å². The number of aryl methyl sites for hydroxylation is 2. The number of aromatic nitrogens is 3. The molecule has 0 radical (unpaired) electrons. The van der Waals surface area contributed by atoms with Crippen molar-refractivity contribution in [2.75, 3.05) is 0 Å². The van der Waals surface area contributed by atoms with Gasteiger partial charge < -0.3 is 9.63 Å². The molecule has 2 rings (SSSR count). The molecule has 0 atom stereocenters. The van der Waals surface area contributed by atoms with Crippen LogP contribution in [0.2, 0.25) is 0 Å². The van der Waals surface area contributed by atoms with Gasteiger partial charge in [0.05, 0.1) is 11.9 Å². The van der Waals surface area contributed by atoms with Crippen LogP contribution in [0.1, 0.15) is 16.1 Å². The average Bonchev–Trinajstić information content (AvgIpc) is 2.71. The lowest BCUT2D eigenvalue weighted by atomic mass is 10.2. The molecule has 0 unspecified atom stereocenters. The molecule has 2 heterocycles. The fraction of sp³-hybridized carbons (Fsp3) is 0.222. The van der Waals surface area contributed by atoms with Crippen LogP contribution in [0.3, 0.4) is 0 Å². The summed E-state index contributed by atoms with van der Waals surface area (Å²) in [6, 6.07) is 1.74. The van der Waals surface area contributed by atoms with Crippen LogP contribution in [-0.2, 0) is 7.05 Å². The summed E-state index contributed by atoms with van der Waals surface area (Å²) in [6.45, 7) is 1.82. The number of rotatable bonds is 2. The van der Waals surface area contributed by atoms with E-state index in [1.807, 2.05) is 6.92 Å². The van der Waals surface area contributed by atoms with Gasteiger partial charge in [-0.1, -0.05) is 5.16 Å². The highest BCUT2D eigenvalue weighted by atomic mass is 16.5. The van der Waals surface area contributed by atoms with Crippen LogP contribution in [0.4, 0.5) is 0 Å². The van der Waals surface area contributed by atoms with Crippen molar-refractivity contribution >= 4 is 5.97 Å². The van der Waals surface area contributed by atoms with Crippen molar-refractivity contribution in [1.29, 1.82) is 0 Å². The zero-order chi connectivity index (χ0) is 11.0. The lowest BCUT2D eigenvalue weighted by Gasteiger charge is -1.96. The second kappa shape index (κ2) is 3.23. The van der Waals surface area contributed by atoms with Crippen LogP contribution in [-0.4, -0.2) is 26.0 Å². The molecule has 0 fully saturated rings. The number of carboxylic acids is 1. The Morgan fingerprint density at radius 1 is 1.60 bits per heavy atom. The molecule has 15 heavy (non-hydrogen) atoms. The van der Waals surface area contributed by atoms with Crippen molar-refractivity contribution in [3.05, 3.63) is 23.5 Å². The molecule has 0 aliphatic carbocycles. The fourth-order valence-electron chi connectivity index (χ4n) is 1.40. The number of aromatic carboxylic acids is 1. The second-order valence-corrected chi connectivity index (χ2v) is 3.17. The van der Waals surface area contributed by atoms with Crippen LogP contribution in [0.25, 0.3) is 11.5 Å². The first-order valence-electron chi connectivity index (χ1n) is 4.28. The molecule has 6 nitrogen and oxygen atoms in total. The van der Waals surface area contributed by atoms with Crippen molar-refractivity contribution in [2.45, 2.75) is 6.92 Å². The monoisotopic (exact) mass is 207 g/mol. The SMILES string of the molecule is Cc1cc(-c2oncc2C(=O)O)n(C)n1. The van der Waals surface area contributed by atoms with E-state index in [1.165, 1.54) is 6.20 Å². The normalized spacial score (nSPS) is 10.5. The molecule has 0 aliphatic rings. The summed E-state index contributed by atoms with van der Waals surface area (Å²) >= 11 is 0. The maximum absolute atomic E-state index is 10.8. The van der Waals surface area contributed by atoms with Crippen LogP contribution >= 0.6 is 0 Å². The summed E-state index contributed by atoms with van der Waals surface area (Å²) in [4.78, 5) is 10.8. The third-order valence-corrected chi connectivity index (χ3v) is 2.04. The van der Waals surface area contributed by atoms with Gasteiger partial charge in [0, 0.05) is 7.05 Å². The number of hydrogen-bond donors (Lipinski definition) is 1. The molecule has 78 valence electrons. The highest BCUT2D eigenvalue weighted by Gasteiger charge is 2.19. The number of nitrogens with zero attached hydrogens (tertiary/aromatic N) is 3. The first-order valence-corrected chi connectivity index (χ1v) is 4.28. The van der Waals surface area contributed by atoms with Gasteiger partial charge in [0.25, 0.3) is 0 Å². The number of hydrogen-bond acceptors (Lipinski definition) is 4. The first-order chi connectivity index (χ1) is 7.09. The molecular weight excluding hydrogens is 198 g/mol. The Kier molecular flexibility index (Phi) is 2.03. The van der Waals surface area contributed by atoms with Gasteiger partial charge in [-0.3, -0.25) is 4.68 Å². The van der Waals surface area contributed by atoms with Gasteiger partial charge in [0.2, 0.25) is 0 Å². The number of carboxylic acid groups (broad SMARTS) is 1. The molecule has 6 heteroatoms. The summed E-state index contributed by atoms with van der Waals surface area (Å²) in [5.41, 5.74) is 1.43. The first kappa shape index (κ1) is 9.45. The Bertz CT molecular complexity index is 512. The summed E-state index contributed by atoms with van der Waals surface area (Å²) in [6.07, 6.45) is 1.18. The topological polar surface area (TPSA) is 81.1 Å². The number of carbonyl (C=O) groups is 1. The van der Waals surface area contributed by atoms with Crippen molar-refractivity contribution in [2.24, 2.45) is 7.05 Å². The minimum atomic E-state index is -1.06. The predicted molar refractivity (Wildman–Crippen MR) is 50.4 cm³/mol. The molecule has 0 amide bonds. The van der Waals surface area contributed by atoms with E-state index in [4.69, 9.17) is 9.63 Å². The third-order valence-electron chi connectivity index (χ3n) is 2.04. The molecule has 0 aliphatic heterocycles. The van der Waals surface area contributed by atoms with Crippen molar-refractivity contribution in [1.82, 2.24) is 14.9 Å². The van der Waals surface area contributed by atoms with Gasteiger partial charge in [-0.15, -0.1) is 0 Å². The zero-order valence-electron chi connectivity index (χ0n) is 8.26. The lowest BCUT2D eigenvalue weighted by molar-refractivity contribution is 0.0697. The molecule has 0 spiro atoms. The Hall–Kier alpha value is -2.11. The third kappa shape index (κ3) is 1.50. The molecular formula is C9H9N3O3. The van der Waals surface area contributed by atoms with Gasteiger partial charge in [0.15, 0.2) is 5.76 Å². The van der Waals surface area contributed by atoms with Crippen molar-refractivity contribution in [3.63, 3.8) is 0 Å². The molecule has 2 aromatic rings. The van der Waals surface area contributed by atoms with Crippen LogP contribution in [0.5, 0.6) is 0 Å². The summed E-state index contributed by atoms with van der Waals surface area (Å²) < 4.78 is 6.47. The minimum Gasteiger partial charge on any atom is -0.477 e. The van der Waals surface area contributed by atoms with E-state index in [9.17, 15) is 4.79 Å². The highest BCUT2D eigenvalue weighted by Crippen LogP contribution is 2.23. The van der Waals surface area contributed by atoms with Gasteiger partial charge in [0.1, 0.15) is 11.3 Å². The maximum atomic E-state index is 10.8. The Morgan fingerprint density at radius 2 is 2.33 bits per heavy atom. The van der Waals surface area contributed by atoms with Gasteiger partial charge in [-0.2, -0.15) is 5.10 Å². The smallest absolute Gasteiger partial charge is 0.341 e. The summed E-state index contributed by atoms with van der Waals surface area (Å²) in [7, 11) is 1.72. The molecule has 0 bridgehead atoms. The predicted octanol–water partition coefficient (Wildman–Crippen LogP) is 1.08.